The molecule has 0 saturated carbocycles. The van der Waals surface area contributed by atoms with Crippen LogP contribution in [0.4, 0.5) is 0 Å². The van der Waals surface area contributed by atoms with Gasteiger partial charge in [0.2, 0.25) is 5.91 Å². The van der Waals surface area contributed by atoms with Gasteiger partial charge in [0.05, 0.1) is 12.2 Å². The van der Waals surface area contributed by atoms with E-state index in [9.17, 15) is 4.79 Å². The summed E-state index contributed by atoms with van der Waals surface area (Å²) in [6.45, 7) is 5.29. The summed E-state index contributed by atoms with van der Waals surface area (Å²) in [5.74, 6) is -0.181. The summed E-state index contributed by atoms with van der Waals surface area (Å²) in [5.41, 5.74) is -0.195. The third-order valence-corrected chi connectivity index (χ3v) is 2.23. The third-order valence-electron chi connectivity index (χ3n) is 2.23. The first-order valence-corrected chi connectivity index (χ1v) is 4.81. The van der Waals surface area contributed by atoms with Crippen molar-refractivity contribution in [1.82, 2.24) is 10.6 Å². The molecule has 1 heterocycles. The Morgan fingerprint density at radius 2 is 2.36 bits per heavy atom. The second-order valence-corrected chi connectivity index (χ2v) is 3.99. The maximum Gasteiger partial charge on any atom is 0.246 e. The van der Waals surface area contributed by atoms with Gasteiger partial charge >= 0.3 is 0 Å². The summed E-state index contributed by atoms with van der Waals surface area (Å²) in [7, 11) is 0. The fourth-order valence-corrected chi connectivity index (χ4v) is 1.18. The first kappa shape index (κ1) is 11.4. The van der Waals surface area contributed by atoms with Crippen molar-refractivity contribution in [3.8, 4) is 0 Å². The summed E-state index contributed by atoms with van der Waals surface area (Å²) in [5, 5.41) is 14.4. The lowest BCUT2D eigenvalue weighted by molar-refractivity contribution is -0.136. The minimum atomic E-state index is -0.210. The van der Waals surface area contributed by atoms with Crippen LogP contribution in [-0.2, 0) is 9.53 Å². The Morgan fingerprint density at radius 1 is 1.71 bits per heavy atom. The van der Waals surface area contributed by atoms with Crippen LogP contribution in [0, 0.1) is 0 Å². The van der Waals surface area contributed by atoms with Crippen molar-refractivity contribution in [2.24, 2.45) is 0 Å². The van der Waals surface area contributed by atoms with Gasteiger partial charge in [0.15, 0.2) is 0 Å². The van der Waals surface area contributed by atoms with Gasteiger partial charge in [-0.3, -0.25) is 4.79 Å². The largest absolute Gasteiger partial charge is 0.394 e. The highest BCUT2D eigenvalue weighted by Gasteiger charge is 2.32. The summed E-state index contributed by atoms with van der Waals surface area (Å²) >= 11 is 0. The minimum absolute atomic E-state index is 0.0510. The number of aliphatic hydroxyl groups excluding tert-OH is 1. The Morgan fingerprint density at radius 3 is 2.79 bits per heavy atom. The second kappa shape index (κ2) is 4.72. The molecule has 82 valence electrons. The predicted molar refractivity (Wildman–Crippen MR) is 51.9 cm³/mol. The highest BCUT2D eigenvalue weighted by atomic mass is 16.5. The van der Waals surface area contributed by atoms with E-state index >= 15 is 0 Å². The molecule has 0 radical (unpaired) electrons. The van der Waals surface area contributed by atoms with Crippen LogP contribution >= 0.6 is 0 Å². The highest BCUT2D eigenvalue weighted by molar-refractivity contribution is 5.77. The minimum Gasteiger partial charge on any atom is -0.394 e. The Labute approximate surface area is 83.8 Å². The number of rotatable bonds is 5. The van der Waals surface area contributed by atoms with E-state index in [1.807, 2.05) is 6.92 Å². The maximum absolute atomic E-state index is 11.2. The van der Waals surface area contributed by atoms with Gasteiger partial charge in [-0.1, -0.05) is 0 Å². The van der Waals surface area contributed by atoms with Crippen molar-refractivity contribution in [2.45, 2.75) is 25.5 Å². The van der Waals surface area contributed by atoms with Crippen LogP contribution in [0.3, 0.4) is 0 Å². The van der Waals surface area contributed by atoms with E-state index in [1.54, 1.807) is 6.92 Å². The molecule has 0 aromatic rings. The van der Waals surface area contributed by atoms with Crippen molar-refractivity contribution in [2.75, 3.05) is 26.3 Å². The zero-order chi connectivity index (χ0) is 10.6. The topological polar surface area (TPSA) is 70.6 Å². The average molecular weight is 202 g/mol. The number of hydrogen-bond donors (Lipinski definition) is 3. The highest BCUT2D eigenvalue weighted by Crippen LogP contribution is 2.14. The lowest BCUT2D eigenvalue weighted by atomic mass is 10.0. The molecule has 1 amide bonds. The van der Waals surface area contributed by atoms with Gasteiger partial charge < -0.3 is 20.5 Å². The van der Waals surface area contributed by atoms with Crippen LogP contribution in [0.5, 0.6) is 0 Å². The van der Waals surface area contributed by atoms with Gasteiger partial charge in [-0.15, -0.1) is 0 Å². The number of nitrogens with one attached hydrogen (secondary N) is 2. The molecule has 1 aliphatic rings. The molecular weight excluding hydrogens is 184 g/mol. The first-order chi connectivity index (χ1) is 6.56. The van der Waals surface area contributed by atoms with Crippen LogP contribution < -0.4 is 10.6 Å². The molecule has 1 saturated heterocycles. The molecule has 5 nitrogen and oxygen atoms in total. The van der Waals surface area contributed by atoms with Crippen molar-refractivity contribution >= 4 is 5.91 Å². The number of hydrogen-bond acceptors (Lipinski definition) is 4. The van der Waals surface area contributed by atoms with Gasteiger partial charge in [0.1, 0.15) is 6.61 Å². The van der Waals surface area contributed by atoms with Gasteiger partial charge in [0.25, 0.3) is 0 Å². The van der Waals surface area contributed by atoms with Crippen molar-refractivity contribution in [3.05, 3.63) is 0 Å². The van der Waals surface area contributed by atoms with Crippen LogP contribution in [0.1, 0.15) is 13.8 Å². The van der Waals surface area contributed by atoms with Gasteiger partial charge in [-0.2, -0.15) is 0 Å². The zero-order valence-corrected chi connectivity index (χ0v) is 8.67. The van der Waals surface area contributed by atoms with Crippen LogP contribution in [-0.4, -0.2) is 49.0 Å². The Balaban J connectivity index is 2.14. The summed E-state index contributed by atoms with van der Waals surface area (Å²) in [4.78, 5) is 11.2. The second-order valence-electron chi connectivity index (χ2n) is 3.99. The number of ether oxygens (including phenoxy) is 1. The van der Waals surface area contributed by atoms with E-state index < -0.39 is 0 Å². The molecule has 0 spiro atoms. The van der Waals surface area contributed by atoms with Crippen LogP contribution in [0.2, 0.25) is 0 Å². The fraction of sp³-hybridized carbons (Fsp3) is 0.889. The van der Waals surface area contributed by atoms with E-state index in [0.29, 0.717) is 0 Å². The molecule has 0 aliphatic carbocycles. The molecule has 1 aliphatic heterocycles. The van der Waals surface area contributed by atoms with Crippen molar-refractivity contribution in [3.63, 3.8) is 0 Å². The van der Waals surface area contributed by atoms with E-state index in [-0.39, 0.29) is 30.8 Å². The summed E-state index contributed by atoms with van der Waals surface area (Å²) in [6, 6.07) is -0.210. The Bertz CT molecular complexity index is 204. The molecule has 1 fully saturated rings. The molecule has 3 N–H and O–H groups in total. The lowest BCUT2D eigenvalue weighted by Gasteiger charge is -2.38. The standard InChI is InChI=1S/C9H18N2O3/c1-7(3-12)11-8(13)4-14-9(2)5-10-6-9/h7,10,12H,3-6H2,1-2H3,(H,11,13)/t7-/m0/s1. The Hall–Kier alpha value is -0.650. The van der Waals surface area contributed by atoms with E-state index in [0.717, 1.165) is 13.1 Å². The van der Waals surface area contributed by atoms with Crippen LogP contribution in [0.25, 0.3) is 0 Å². The van der Waals surface area contributed by atoms with Crippen LogP contribution in [0.15, 0.2) is 0 Å². The molecule has 14 heavy (non-hydrogen) atoms. The smallest absolute Gasteiger partial charge is 0.246 e. The summed E-state index contributed by atoms with van der Waals surface area (Å²) in [6.07, 6.45) is 0. The van der Waals surface area contributed by atoms with Gasteiger partial charge in [0, 0.05) is 19.1 Å². The fourth-order valence-electron chi connectivity index (χ4n) is 1.18. The predicted octanol–water partition coefficient (Wildman–Crippen LogP) is -1.14. The molecule has 0 aromatic carbocycles. The molecule has 1 rings (SSSR count). The first-order valence-electron chi connectivity index (χ1n) is 4.81. The molecular formula is C9H18N2O3. The monoisotopic (exact) mass is 202 g/mol. The number of aliphatic hydroxyl groups is 1. The number of carbonyl (C=O) groups excluding carboxylic acids is 1. The molecule has 0 unspecified atom stereocenters. The average Bonchev–Trinajstić information content (AvgIpc) is 2.11. The number of amides is 1. The normalized spacial score (nSPS) is 21.1. The molecule has 1 atom stereocenters. The molecule has 5 heteroatoms. The SMILES string of the molecule is C[C@@H](CO)NC(=O)COC1(C)CNC1. The van der Waals surface area contributed by atoms with Gasteiger partial charge in [-0.05, 0) is 13.8 Å². The maximum atomic E-state index is 11.2. The van der Waals surface area contributed by atoms with Gasteiger partial charge in [-0.25, -0.2) is 0 Å². The van der Waals surface area contributed by atoms with Crippen molar-refractivity contribution in [1.29, 1.82) is 0 Å². The summed E-state index contributed by atoms with van der Waals surface area (Å²) < 4.78 is 5.42. The number of carbonyl (C=O) groups is 1. The zero-order valence-electron chi connectivity index (χ0n) is 8.67. The van der Waals surface area contributed by atoms with E-state index in [2.05, 4.69) is 10.6 Å². The quantitative estimate of drug-likeness (QED) is 0.527. The third kappa shape index (κ3) is 3.25. The molecule has 0 aromatic heterocycles. The Kier molecular flexibility index (Phi) is 3.86. The van der Waals surface area contributed by atoms with E-state index in [4.69, 9.17) is 9.84 Å². The lowest BCUT2D eigenvalue weighted by Crippen LogP contribution is -2.59. The van der Waals surface area contributed by atoms with E-state index in [1.165, 1.54) is 0 Å². The van der Waals surface area contributed by atoms with Crippen molar-refractivity contribution < 1.29 is 14.6 Å². The molecule has 0 bridgehead atoms.